The second kappa shape index (κ2) is 4.35. The summed E-state index contributed by atoms with van der Waals surface area (Å²) in [7, 11) is 1.67. The fourth-order valence-corrected chi connectivity index (χ4v) is 2.18. The van der Waals surface area contributed by atoms with Gasteiger partial charge in [0.1, 0.15) is 16.5 Å². The molecule has 18 heavy (non-hydrogen) atoms. The Labute approximate surface area is 110 Å². The van der Waals surface area contributed by atoms with Crippen LogP contribution in [-0.2, 0) is 0 Å². The van der Waals surface area contributed by atoms with Crippen molar-refractivity contribution in [3.63, 3.8) is 0 Å². The van der Waals surface area contributed by atoms with Crippen LogP contribution < -0.4 is 4.74 Å². The lowest BCUT2D eigenvalue weighted by molar-refractivity contribution is 0.416. The fraction of sp³-hybridized carbons (Fsp3) is 0.0714. The Kier molecular flexibility index (Phi) is 2.68. The number of halogens is 1. The Bertz CT molecular complexity index is 706. The van der Waals surface area contributed by atoms with Gasteiger partial charge in [-0.25, -0.2) is 4.98 Å². The van der Waals surface area contributed by atoms with Crippen molar-refractivity contribution >= 4 is 17.2 Å². The Morgan fingerprint density at radius 2 is 2.00 bits per heavy atom. The largest absolute Gasteiger partial charge is 0.496 e. The van der Waals surface area contributed by atoms with Gasteiger partial charge in [-0.2, -0.15) is 0 Å². The maximum Gasteiger partial charge on any atom is 0.137 e. The molecule has 3 nitrogen and oxygen atoms in total. The molecular formula is C14H11ClN2O. The van der Waals surface area contributed by atoms with Crippen LogP contribution in [0.25, 0.3) is 16.8 Å². The number of imidazole rings is 1. The molecule has 2 aromatic heterocycles. The van der Waals surface area contributed by atoms with Crippen LogP contribution in [0.5, 0.6) is 5.75 Å². The number of fused-ring (bicyclic) bond motifs is 1. The number of methoxy groups -OCH3 is 1. The van der Waals surface area contributed by atoms with Crippen molar-refractivity contribution in [1.29, 1.82) is 0 Å². The first-order chi connectivity index (χ1) is 8.79. The van der Waals surface area contributed by atoms with Crippen molar-refractivity contribution in [2.75, 3.05) is 7.11 Å². The lowest BCUT2D eigenvalue weighted by Gasteiger charge is -2.08. The van der Waals surface area contributed by atoms with Crippen molar-refractivity contribution in [1.82, 2.24) is 9.38 Å². The zero-order valence-corrected chi connectivity index (χ0v) is 10.6. The Balaban J connectivity index is 2.21. The summed E-state index contributed by atoms with van der Waals surface area (Å²) >= 11 is 6.07. The summed E-state index contributed by atoms with van der Waals surface area (Å²) in [5, 5.41) is 0.599. The quantitative estimate of drug-likeness (QED) is 0.701. The fourth-order valence-electron chi connectivity index (χ4n) is 1.99. The maximum atomic E-state index is 6.07. The number of hydrogen-bond acceptors (Lipinski definition) is 2. The van der Waals surface area contributed by atoms with Crippen molar-refractivity contribution in [3.8, 4) is 16.9 Å². The molecule has 1 aromatic carbocycles. The SMILES string of the molecule is COc1ccccc1-c1ccc2ncc(Cl)n2c1. The van der Waals surface area contributed by atoms with E-state index in [0.717, 1.165) is 22.5 Å². The van der Waals surface area contributed by atoms with E-state index in [2.05, 4.69) is 4.98 Å². The lowest BCUT2D eigenvalue weighted by atomic mass is 10.1. The maximum absolute atomic E-state index is 6.07. The van der Waals surface area contributed by atoms with Gasteiger partial charge in [-0.1, -0.05) is 29.8 Å². The van der Waals surface area contributed by atoms with Crippen molar-refractivity contribution in [3.05, 3.63) is 53.9 Å². The van der Waals surface area contributed by atoms with Crippen LogP contribution >= 0.6 is 11.6 Å². The molecule has 0 spiro atoms. The van der Waals surface area contributed by atoms with E-state index in [1.165, 1.54) is 0 Å². The number of para-hydroxylation sites is 1. The third-order valence-electron chi connectivity index (χ3n) is 2.88. The van der Waals surface area contributed by atoms with Gasteiger partial charge in [-0.15, -0.1) is 0 Å². The molecule has 0 radical (unpaired) electrons. The van der Waals surface area contributed by atoms with Gasteiger partial charge in [0.05, 0.1) is 13.3 Å². The molecular weight excluding hydrogens is 248 g/mol. The van der Waals surface area contributed by atoms with Crippen LogP contribution in [0.2, 0.25) is 5.15 Å². The molecule has 0 N–H and O–H groups in total. The Morgan fingerprint density at radius 3 is 2.83 bits per heavy atom. The number of aromatic nitrogens is 2. The topological polar surface area (TPSA) is 26.5 Å². The predicted octanol–water partition coefficient (Wildman–Crippen LogP) is 3.66. The third-order valence-corrected chi connectivity index (χ3v) is 3.16. The number of ether oxygens (including phenoxy) is 1. The van der Waals surface area contributed by atoms with Crippen LogP contribution in [0.15, 0.2) is 48.8 Å². The second-order valence-electron chi connectivity index (χ2n) is 3.93. The van der Waals surface area contributed by atoms with Crippen LogP contribution in [0.4, 0.5) is 0 Å². The van der Waals surface area contributed by atoms with Crippen LogP contribution in [0, 0.1) is 0 Å². The smallest absolute Gasteiger partial charge is 0.137 e. The Hall–Kier alpha value is -2.00. The first kappa shape index (κ1) is 11.1. The molecule has 0 atom stereocenters. The first-order valence-electron chi connectivity index (χ1n) is 5.55. The highest BCUT2D eigenvalue weighted by molar-refractivity contribution is 6.29. The van der Waals surface area contributed by atoms with Crippen LogP contribution in [0.3, 0.4) is 0 Å². The molecule has 2 heterocycles. The minimum atomic E-state index is 0.599. The molecule has 0 amide bonds. The van der Waals surface area contributed by atoms with Crippen molar-refractivity contribution < 1.29 is 4.74 Å². The molecule has 0 saturated heterocycles. The van der Waals surface area contributed by atoms with Gasteiger partial charge in [0, 0.05) is 17.3 Å². The van der Waals surface area contributed by atoms with E-state index in [1.54, 1.807) is 13.3 Å². The summed E-state index contributed by atoms with van der Waals surface area (Å²) in [6.07, 6.45) is 3.60. The molecule has 3 aromatic rings. The number of pyridine rings is 1. The van der Waals surface area contributed by atoms with Gasteiger partial charge in [-0.3, -0.25) is 4.40 Å². The molecule has 3 rings (SSSR count). The highest BCUT2D eigenvalue weighted by Gasteiger charge is 2.07. The van der Waals surface area contributed by atoms with E-state index < -0.39 is 0 Å². The van der Waals surface area contributed by atoms with Gasteiger partial charge in [0.25, 0.3) is 0 Å². The minimum Gasteiger partial charge on any atom is -0.496 e. The van der Waals surface area contributed by atoms with Gasteiger partial charge in [0.2, 0.25) is 0 Å². The zero-order chi connectivity index (χ0) is 12.5. The second-order valence-corrected chi connectivity index (χ2v) is 4.31. The van der Waals surface area contributed by atoms with E-state index in [-0.39, 0.29) is 0 Å². The minimum absolute atomic E-state index is 0.599. The van der Waals surface area contributed by atoms with E-state index in [9.17, 15) is 0 Å². The molecule has 4 heteroatoms. The monoisotopic (exact) mass is 258 g/mol. The van der Waals surface area contributed by atoms with Crippen molar-refractivity contribution in [2.45, 2.75) is 0 Å². The van der Waals surface area contributed by atoms with Crippen LogP contribution in [-0.4, -0.2) is 16.5 Å². The third kappa shape index (κ3) is 1.73. The summed E-state index contributed by atoms with van der Waals surface area (Å²) in [6.45, 7) is 0. The Morgan fingerprint density at radius 1 is 1.17 bits per heavy atom. The molecule has 0 fully saturated rings. The standard InChI is InChI=1S/C14H11ClN2O/c1-18-12-5-3-2-4-11(12)10-6-7-14-16-8-13(15)17(14)9-10/h2-9H,1H3. The summed E-state index contributed by atoms with van der Waals surface area (Å²) in [5.41, 5.74) is 2.91. The average molecular weight is 259 g/mol. The van der Waals surface area contributed by atoms with Crippen molar-refractivity contribution in [2.24, 2.45) is 0 Å². The predicted molar refractivity (Wildman–Crippen MR) is 72.2 cm³/mol. The zero-order valence-electron chi connectivity index (χ0n) is 9.80. The highest BCUT2D eigenvalue weighted by atomic mass is 35.5. The number of hydrogen-bond donors (Lipinski definition) is 0. The molecule has 0 aliphatic heterocycles. The summed E-state index contributed by atoms with van der Waals surface area (Å²) in [4.78, 5) is 4.20. The van der Waals surface area contributed by atoms with Gasteiger partial charge in [-0.05, 0) is 18.2 Å². The summed E-state index contributed by atoms with van der Waals surface area (Å²) < 4.78 is 7.22. The molecule has 90 valence electrons. The van der Waals surface area contributed by atoms with Gasteiger partial charge < -0.3 is 4.74 Å². The number of benzene rings is 1. The van der Waals surface area contributed by atoms with E-state index >= 15 is 0 Å². The number of nitrogens with zero attached hydrogens (tertiary/aromatic N) is 2. The molecule has 0 bridgehead atoms. The average Bonchev–Trinajstić information content (AvgIpc) is 2.80. The van der Waals surface area contributed by atoms with E-state index in [1.807, 2.05) is 47.0 Å². The number of rotatable bonds is 2. The van der Waals surface area contributed by atoms with E-state index in [0.29, 0.717) is 5.15 Å². The molecule has 0 unspecified atom stereocenters. The highest BCUT2D eigenvalue weighted by Crippen LogP contribution is 2.30. The summed E-state index contributed by atoms with van der Waals surface area (Å²) in [6, 6.07) is 11.8. The van der Waals surface area contributed by atoms with Gasteiger partial charge >= 0.3 is 0 Å². The van der Waals surface area contributed by atoms with E-state index in [4.69, 9.17) is 16.3 Å². The normalized spacial score (nSPS) is 10.8. The lowest BCUT2D eigenvalue weighted by Crippen LogP contribution is -1.90. The molecule has 0 aliphatic carbocycles. The summed E-state index contributed by atoms with van der Waals surface area (Å²) in [5.74, 6) is 0.841. The van der Waals surface area contributed by atoms with Crippen LogP contribution in [0.1, 0.15) is 0 Å². The first-order valence-corrected chi connectivity index (χ1v) is 5.93. The molecule has 0 saturated carbocycles. The molecule has 0 aliphatic rings. The van der Waals surface area contributed by atoms with Gasteiger partial charge in [0.15, 0.2) is 0 Å².